The Bertz CT molecular complexity index is 821. The molecule has 6 nitrogen and oxygen atoms in total. The number of phenolic OH excluding ortho intramolecular Hbond substituents is 1. The third kappa shape index (κ3) is 4.38. The molecule has 1 aliphatic rings. The highest BCUT2D eigenvalue weighted by molar-refractivity contribution is 5.94. The minimum Gasteiger partial charge on any atom is -0.507 e. The second kappa shape index (κ2) is 8.95. The highest BCUT2D eigenvalue weighted by atomic mass is 16.4. The van der Waals surface area contributed by atoms with Crippen LogP contribution in [0.25, 0.3) is 0 Å². The predicted octanol–water partition coefficient (Wildman–Crippen LogP) is 4.61. The number of hydrogen-bond acceptors (Lipinski definition) is 4. The SMILES string of the molecule is C=C(C)[C@@H]1CCC(C(=O)O)=C[C@H]1c1c(O)cc(CCCCC)c(C(=O)O)c1O. The smallest absolute Gasteiger partial charge is 0.339 e. The molecule has 0 amide bonds. The topological polar surface area (TPSA) is 115 Å². The molecule has 4 N–H and O–H groups in total. The summed E-state index contributed by atoms with van der Waals surface area (Å²) in [5, 5.41) is 40.5. The van der Waals surface area contributed by atoms with Crippen LogP contribution in [0.1, 0.15) is 73.4 Å². The minimum atomic E-state index is -1.27. The predicted molar refractivity (Wildman–Crippen MR) is 106 cm³/mol. The zero-order chi connectivity index (χ0) is 21.0. The molecule has 6 heteroatoms. The lowest BCUT2D eigenvalue weighted by Crippen LogP contribution is -2.21. The Kier molecular flexibility index (Phi) is 6.89. The van der Waals surface area contributed by atoms with Gasteiger partial charge in [0.1, 0.15) is 17.1 Å². The molecule has 0 bridgehead atoms. The number of aromatic hydroxyl groups is 2. The number of carbonyl (C=O) groups is 2. The summed E-state index contributed by atoms with van der Waals surface area (Å²) in [5.74, 6) is -3.88. The van der Waals surface area contributed by atoms with Gasteiger partial charge in [-0.3, -0.25) is 0 Å². The molecule has 2 rings (SSSR count). The van der Waals surface area contributed by atoms with E-state index in [2.05, 4.69) is 6.58 Å². The minimum absolute atomic E-state index is 0.0584. The zero-order valence-electron chi connectivity index (χ0n) is 16.4. The van der Waals surface area contributed by atoms with Gasteiger partial charge < -0.3 is 20.4 Å². The van der Waals surface area contributed by atoms with E-state index >= 15 is 0 Å². The van der Waals surface area contributed by atoms with Gasteiger partial charge in [0.25, 0.3) is 0 Å². The molecule has 0 aromatic heterocycles. The van der Waals surface area contributed by atoms with Crippen molar-refractivity contribution in [2.75, 3.05) is 0 Å². The molecule has 0 unspecified atom stereocenters. The van der Waals surface area contributed by atoms with Crippen LogP contribution in [-0.2, 0) is 11.2 Å². The monoisotopic (exact) mass is 388 g/mol. The number of aromatic carboxylic acids is 1. The average molecular weight is 388 g/mol. The van der Waals surface area contributed by atoms with Gasteiger partial charge in [-0.1, -0.05) is 38.0 Å². The lowest BCUT2D eigenvalue weighted by Gasteiger charge is -2.31. The van der Waals surface area contributed by atoms with Crippen molar-refractivity contribution in [3.8, 4) is 11.5 Å². The summed E-state index contributed by atoms with van der Waals surface area (Å²) < 4.78 is 0. The quantitative estimate of drug-likeness (QED) is 0.382. The van der Waals surface area contributed by atoms with Gasteiger partial charge >= 0.3 is 11.9 Å². The maximum Gasteiger partial charge on any atom is 0.339 e. The number of carboxylic acids is 2. The Morgan fingerprint density at radius 1 is 1.18 bits per heavy atom. The van der Waals surface area contributed by atoms with Crippen molar-refractivity contribution < 1.29 is 30.0 Å². The number of unbranched alkanes of at least 4 members (excludes halogenated alkanes) is 2. The van der Waals surface area contributed by atoms with Gasteiger partial charge in [0, 0.05) is 17.1 Å². The van der Waals surface area contributed by atoms with Gasteiger partial charge in [-0.2, -0.15) is 0 Å². The van der Waals surface area contributed by atoms with E-state index in [4.69, 9.17) is 0 Å². The average Bonchev–Trinajstić information content (AvgIpc) is 2.60. The molecule has 1 aliphatic carbocycles. The van der Waals surface area contributed by atoms with Crippen molar-refractivity contribution in [3.05, 3.63) is 46.6 Å². The van der Waals surface area contributed by atoms with E-state index in [1.165, 1.54) is 12.1 Å². The molecule has 152 valence electrons. The molecular weight excluding hydrogens is 360 g/mol. The highest BCUT2D eigenvalue weighted by Crippen LogP contribution is 2.48. The first kappa shape index (κ1) is 21.5. The number of phenols is 2. The van der Waals surface area contributed by atoms with E-state index in [9.17, 15) is 30.0 Å². The summed E-state index contributed by atoms with van der Waals surface area (Å²) in [6.07, 6.45) is 5.40. The summed E-state index contributed by atoms with van der Waals surface area (Å²) in [6.45, 7) is 7.79. The third-order valence-corrected chi connectivity index (χ3v) is 5.44. The van der Waals surface area contributed by atoms with Crippen molar-refractivity contribution in [3.63, 3.8) is 0 Å². The van der Waals surface area contributed by atoms with E-state index in [1.54, 1.807) is 0 Å². The number of allylic oxidation sites excluding steroid dienone is 2. The van der Waals surface area contributed by atoms with Crippen LogP contribution in [-0.4, -0.2) is 32.4 Å². The second-order valence-electron chi connectivity index (χ2n) is 7.47. The van der Waals surface area contributed by atoms with Gasteiger partial charge in [0.15, 0.2) is 0 Å². The van der Waals surface area contributed by atoms with Crippen molar-refractivity contribution in [2.45, 2.75) is 58.3 Å². The van der Waals surface area contributed by atoms with Crippen LogP contribution in [0.4, 0.5) is 0 Å². The van der Waals surface area contributed by atoms with Crippen LogP contribution in [0.15, 0.2) is 29.9 Å². The number of benzene rings is 1. The number of rotatable bonds is 8. The fourth-order valence-electron chi connectivity index (χ4n) is 3.98. The maximum absolute atomic E-state index is 11.8. The molecular formula is C22H28O6. The zero-order valence-corrected chi connectivity index (χ0v) is 16.4. The fourth-order valence-corrected chi connectivity index (χ4v) is 3.98. The van der Waals surface area contributed by atoms with Gasteiger partial charge in [0.05, 0.1) is 0 Å². The van der Waals surface area contributed by atoms with Crippen LogP contribution in [0.5, 0.6) is 11.5 Å². The first-order valence-corrected chi connectivity index (χ1v) is 9.59. The van der Waals surface area contributed by atoms with Crippen molar-refractivity contribution in [1.29, 1.82) is 0 Å². The van der Waals surface area contributed by atoms with Crippen molar-refractivity contribution in [2.24, 2.45) is 5.92 Å². The molecule has 1 aromatic rings. The number of aryl methyl sites for hydroxylation is 1. The third-order valence-electron chi connectivity index (χ3n) is 5.44. The van der Waals surface area contributed by atoms with Crippen LogP contribution < -0.4 is 0 Å². The van der Waals surface area contributed by atoms with Crippen LogP contribution in [0, 0.1) is 5.92 Å². The Labute approximate surface area is 164 Å². The number of aliphatic carboxylic acids is 1. The van der Waals surface area contributed by atoms with Gasteiger partial charge in [-0.15, -0.1) is 0 Å². The Morgan fingerprint density at radius 2 is 1.86 bits per heavy atom. The molecule has 0 saturated heterocycles. The van der Waals surface area contributed by atoms with E-state index < -0.39 is 23.6 Å². The first-order chi connectivity index (χ1) is 13.2. The molecule has 0 saturated carbocycles. The Hall–Kier alpha value is -2.76. The van der Waals surface area contributed by atoms with Crippen LogP contribution in [0.2, 0.25) is 0 Å². The van der Waals surface area contributed by atoms with E-state index in [0.717, 1.165) is 24.8 Å². The summed E-state index contributed by atoms with van der Waals surface area (Å²) in [5.41, 5.74) is 1.19. The molecule has 1 aromatic carbocycles. The number of carboxylic acid groups (broad SMARTS) is 2. The lowest BCUT2D eigenvalue weighted by atomic mass is 9.73. The van der Waals surface area contributed by atoms with E-state index in [-0.39, 0.29) is 28.4 Å². The second-order valence-corrected chi connectivity index (χ2v) is 7.47. The standard InChI is InChI=1S/C22H28O6/c1-4-5-6-7-13-11-17(23)19(20(24)18(13)22(27)28)16-10-14(21(25)26)8-9-15(16)12(2)3/h10-11,15-16,23-24H,2,4-9H2,1,3H3,(H,25,26)(H,27,28)/t15-,16+/m0/s1. The molecule has 0 fully saturated rings. The van der Waals surface area contributed by atoms with E-state index in [0.29, 0.717) is 24.8 Å². The normalized spacial score (nSPS) is 19.1. The van der Waals surface area contributed by atoms with Crippen molar-refractivity contribution in [1.82, 2.24) is 0 Å². The summed E-state index contributed by atoms with van der Waals surface area (Å²) >= 11 is 0. The molecule has 2 atom stereocenters. The largest absolute Gasteiger partial charge is 0.507 e. The van der Waals surface area contributed by atoms with Crippen LogP contribution in [0.3, 0.4) is 0 Å². The molecule has 0 aliphatic heterocycles. The maximum atomic E-state index is 11.8. The fraction of sp³-hybridized carbons (Fsp3) is 0.455. The lowest BCUT2D eigenvalue weighted by molar-refractivity contribution is -0.133. The Balaban J connectivity index is 2.63. The van der Waals surface area contributed by atoms with Gasteiger partial charge in [-0.05, 0) is 50.2 Å². The van der Waals surface area contributed by atoms with Gasteiger partial charge in [-0.25, -0.2) is 9.59 Å². The molecule has 0 heterocycles. The van der Waals surface area contributed by atoms with E-state index in [1.807, 2.05) is 13.8 Å². The highest BCUT2D eigenvalue weighted by Gasteiger charge is 2.34. The summed E-state index contributed by atoms with van der Waals surface area (Å²) in [6, 6.07) is 1.40. The summed E-state index contributed by atoms with van der Waals surface area (Å²) in [4.78, 5) is 23.3. The molecule has 28 heavy (non-hydrogen) atoms. The van der Waals surface area contributed by atoms with Crippen molar-refractivity contribution >= 4 is 11.9 Å². The molecule has 0 radical (unpaired) electrons. The van der Waals surface area contributed by atoms with Gasteiger partial charge in [0.2, 0.25) is 0 Å². The Morgan fingerprint density at radius 3 is 2.39 bits per heavy atom. The molecule has 0 spiro atoms. The van der Waals surface area contributed by atoms with Crippen LogP contribution >= 0.6 is 0 Å². The first-order valence-electron chi connectivity index (χ1n) is 9.59. The number of hydrogen-bond donors (Lipinski definition) is 4. The summed E-state index contributed by atoms with van der Waals surface area (Å²) in [7, 11) is 0.